The van der Waals surface area contributed by atoms with Gasteiger partial charge in [-0.1, -0.05) is 5.16 Å². The first-order chi connectivity index (χ1) is 5.25. The van der Waals surface area contributed by atoms with Crippen molar-refractivity contribution in [2.24, 2.45) is 5.16 Å². The van der Waals surface area contributed by atoms with E-state index in [0.29, 0.717) is 0 Å². The maximum atomic E-state index is 8.30. The molecule has 0 unspecified atom stereocenters. The molecule has 1 heterocycles. The minimum absolute atomic E-state index is 0.829. The van der Waals surface area contributed by atoms with Crippen molar-refractivity contribution < 1.29 is 5.21 Å². The van der Waals surface area contributed by atoms with E-state index in [2.05, 4.69) is 26.1 Å². The van der Waals surface area contributed by atoms with Gasteiger partial charge in [0, 0.05) is 22.4 Å². The molecule has 0 fully saturated rings. The molecule has 11 heavy (non-hydrogen) atoms. The van der Waals surface area contributed by atoms with Crippen LogP contribution in [0.5, 0.6) is 0 Å². The van der Waals surface area contributed by atoms with Crippen LogP contribution in [0.3, 0.4) is 0 Å². The second kappa shape index (κ2) is 3.48. The van der Waals surface area contributed by atoms with Crippen LogP contribution in [0.2, 0.25) is 0 Å². The lowest BCUT2D eigenvalue weighted by Crippen LogP contribution is -1.90. The molecule has 3 nitrogen and oxygen atoms in total. The first-order valence-electron chi connectivity index (χ1n) is 3.03. The van der Waals surface area contributed by atoms with E-state index in [1.165, 1.54) is 6.21 Å². The van der Waals surface area contributed by atoms with E-state index in [9.17, 15) is 0 Å². The molecule has 0 radical (unpaired) electrons. The van der Waals surface area contributed by atoms with Gasteiger partial charge in [0.1, 0.15) is 0 Å². The molecule has 0 aliphatic heterocycles. The van der Waals surface area contributed by atoms with Crippen LogP contribution >= 0.6 is 15.9 Å². The van der Waals surface area contributed by atoms with Crippen LogP contribution in [0.4, 0.5) is 0 Å². The zero-order valence-electron chi connectivity index (χ0n) is 5.95. The van der Waals surface area contributed by atoms with Gasteiger partial charge in [-0.05, 0) is 28.4 Å². The summed E-state index contributed by atoms with van der Waals surface area (Å²) in [6.07, 6.45) is 4.74. The third-order valence-corrected chi connectivity index (χ3v) is 1.96. The highest BCUT2D eigenvalue weighted by atomic mass is 79.9. The Balaban J connectivity index is 3.20. The fourth-order valence-corrected chi connectivity index (χ4v) is 1.30. The predicted octanol–water partition coefficient (Wildman–Crippen LogP) is 1.96. The molecule has 0 bridgehead atoms. The molecule has 1 aromatic rings. The smallest absolute Gasteiger partial charge is 0.0748 e. The maximum Gasteiger partial charge on any atom is 0.0748 e. The zero-order chi connectivity index (χ0) is 8.27. The minimum atomic E-state index is 0.829. The fraction of sp³-hybridized carbons (Fsp3) is 0.143. The first kappa shape index (κ1) is 8.20. The standard InChI is InChI=1S/C7H7BrN2O/c1-5-2-9-4-7(8)6(5)3-10-11/h2-4,11H,1H3/b10-3+. The van der Waals surface area contributed by atoms with Gasteiger partial charge < -0.3 is 5.21 Å². The van der Waals surface area contributed by atoms with Crippen molar-refractivity contribution in [2.75, 3.05) is 0 Å². The highest BCUT2D eigenvalue weighted by Gasteiger charge is 1.99. The van der Waals surface area contributed by atoms with Crippen molar-refractivity contribution in [3.63, 3.8) is 0 Å². The average Bonchev–Trinajstić information content (AvgIpc) is 1.97. The number of pyridine rings is 1. The van der Waals surface area contributed by atoms with Crippen LogP contribution in [-0.2, 0) is 0 Å². The molecule has 1 N–H and O–H groups in total. The number of oxime groups is 1. The molecule has 1 rings (SSSR count). The van der Waals surface area contributed by atoms with Gasteiger partial charge in [-0.15, -0.1) is 0 Å². The van der Waals surface area contributed by atoms with Crippen molar-refractivity contribution in [3.8, 4) is 0 Å². The van der Waals surface area contributed by atoms with Crippen molar-refractivity contribution >= 4 is 22.1 Å². The zero-order valence-corrected chi connectivity index (χ0v) is 7.54. The number of hydrogen-bond acceptors (Lipinski definition) is 3. The topological polar surface area (TPSA) is 45.5 Å². The summed E-state index contributed by atoms with van der Waals surface area (Å²) in [4.78, 5) is 3.94. The molecule has 0 aliphatic carbocycles. The Morgan fingerprint density at radius 3 is 2.91 bits per heavy atom. The molecular weight excluding hydrogens is 208 g/mol. The van der Waals surface area contributed by atoms with Crippen LogP contribution < -0.4 is 0 Å². The van der Waals surface area contributed by atoms with E-state index in [0.717, 1.165) is 15.6 Å². The SMILES string of the molecule is Cc1cncc(Br)c1/C=N/O. The van der Waals surface area contributed by atoms with E-state index < -0.39 is 0 Å². The molecule has 0 amide bonds. The van der Waals surface area contributed by atoms with Gasteiger partial charge >= 0.3 is 0 Å². The Bertz CT molecular complexity index is 266. The Morgan fingerprint density at radius 1 is 1.64 bits per heavy atom. The third kappa shape index (κ3) is 1.77. The number of halogens is 1. The lowest BCUT2D eigenvalue weighted by atomic mass is 10.2. The van der Waals surface area contributed by atoms with Crippen molar-refractivity contribution in [2.45, 2.75) is 6.92 Å². The van der Waals surface area contributed by atoms with Gasteiger partial charge in [-0.2, -0.15) is 0 Å². The van der Waals surface area contributed by atoms with E-state index in [4.69, 9.17) is 5.21 Å². The van der Waals surface area contributed by atoms with Crippen molar-refractivity contribution in [3.05, 3.63) is 28.0 Å². The number of hydrogen-bond donors (Lipinski definition) is 1. The maximum absolute atomic E-state index is 8.30. The quantitative estimate of drug-likeness (QED) is 0.442. The monoisotopic (exact) mass is 214 g/mol. The summed E-state index contributed by atoms with van der Waals surface area (Å²) in [6, 6.07) is 0. The Hall–Kier alpha value is -0.900. The Labute approximate surface area is 72.9 Å². The molecule has 0 saturated carbocycles. The number of rotatable bonds is 1. The van der Waals surface area contributed by atoms with Gasteiger partial charge in [-0.3, -0.25) is 4.98 Å². The van der Waals surface area contributed by atoms with Gasteiger partial charge in [0.25, 0.3) is 0 Å². The Morgan fingerprint density at radius 2 is 2.36 bits per heavy atom. The van der Waals surface area contributed by atoms with Crippen LogP contribution in [0, 0.1) is 6.92 Å². The summed E-state index contributed by atoms with van der Waals surface area (Å²) < 4.78 is 0.829. The number of nitrogens with zero attached hydrogens (tertiary/aromatic N) is 2. The Kier molecular flexibility index (Phi) is 2.59. The predicted molar refractivity (Wildman–Crippen MR) is 46.1 cm³/mol. The highest BCUT2D eigenvalue weighted by molar-refractivity contribution is 9.10. The van der Waals surface area contributed by atoms with Crippen LogP contribution in [0.1, 0.15) is 11.1 Å². The van der Waals surface area contributed by atoms with E-state index >= 15 is 0 Å². The summed E-state index contributed by atoms with van der Waals surface area (Å²) in [7, 11) is 0. The van der Waals surface area contributed by atoms with E-state index in [1.54, 1.807) is 12.4 Å². The summed E-state index contributed by atoms with van der Waals surface area (Å²) in [5, 5.41) is 11.2. The van der Waals surface area contributed by atoms with E-state index in [1.807, 2.05) is 6.92 Å². The first-order valence-corrected chi connectivity index (χ1v) is 3.82. The van der Waals surface area contributed by atoms with Crippen molar-refractivity contribution in [1.29, 1.82) is 0 Å². The molecule has 0 atom stereocenters. The molecule has 0 saturated heterocycles. The normalized spacial score (nSPS) is 10.7. The van der Waals surface area contributed by atoms with Gasteiger partial charge in [-0.25, -0.2) is 0 Å². The number of aromatic nitrogens is 1. The summed E-state index contributed by atoms with van der Waals surface area (Å²) in [6.45, 7) is 1.90. The van der Waals surface area contributed by atoms with Crippen LogP contribution in [0.25, 0.3) is 0 Å². The lowest BCUT2D eigenvalue weighted by Gasteiger charge is -1.99. The summed E-state index contributed by atoms with van der Waals surface area (Å²) in [5.41, 5.74) is 1.82. The third-order valence-electron chi connectivity index (χ3n) is 1.33. The molecule has 58 valence electrons. The van der Waals surface area contributed by atoms with Gasteiger partial charge in [0.05, 0.1) is 6.21 Å². The largest absolute Gasteiger partial charge is 0.411 e. The van der Waals surface area contributed by atoms with Crippen LogP contribution in [0.15, 0.2) is 22.0 Å². The lowest BCUT2D eigenvalue weighted by molar-refractivity contribution is 0.322. The summed E-state index contributed by atoms with van der Waals surface area (Å²) in [5.74, 6) is 0. The molecule has 0 spiro atoms. The van der Waals surface area contributed by atoms with Gasteiger partial charge in [0.15, 0.2) is 0 Å². The van der Waals surface area contributed by atoms with Crippen molar-refractivity contribution in [1.82, 2.24) is 4.98 Å². The minimum Gasteiger partial charge on any atom is -0.411 e. The molecule has 1 aromatic heterocycles. The molecule has 0 aliphatic rings. The molecular formula is C7H7BrN2O. The van der Waals surface area contributed by atoms with Crippen LogP contribution in [-0.4, -0.2) is 16.4 Å². The molecule has 4 heteroatoms. The second-order valence-corrected chi connectivity index (χ2v) is 2.95. The van der Waals surface area contributed by atoms with E-state index in [-0.39, 0.29) is 0 Å². The molecule has 0 aromatic carbocycles. The summed E-state index contributed by atoms with van der Waals surface area (Å²) >= 11 is 3.28. The number of aryl methyl sites for hydroxylation is 1. The van der Waals surface area contributed by atoms with Gasteiger partial charge in [0.2, 0.25) is 0 Å². The average molecular weight is 215 g/mol. The second-order valence-electron chi connectivity index (χ2n) is 2.10. The fourth-order valence-electron chi connectivity index (χ4n) is 0.763. The highest BCUT2D eigenvalue weighted by Crippen LogP contribution is 2.15.